The van der Waals surface area contributed by atoms with Crippen LogP contribution in [0.4, 0.5) is 8.78 Å². The Kier molecular flexibility index (Phi) is 2.47. The van der Waals surface area contributed by atoms with Crippen molar-refractivity contribution in [1.82, 2.24) is 10.1 Å². The molecular weight excluding hydrogens is 170 g/mol. The Morgan fingerprint density at radius 2 is 2.33 bits per heavy atom. The van der Waals surface area contributed by atoms with Gasteiger partial charge in [-0.3, -0.25) is 4.79 Å². The Bertz CT molecular complexity index is 285. The largest absolute Gasteiger partial charge is 0.339 e. The minimum atomic E-state index is -2.97. The molecule has 1 rings (SSSR count). The highest BCUT2D eigenvalue weighted by Crippen LogP contribution is 2.02. The standard InChI is InChI=1S/C6H6F2N2O2/c1-3-9-5(12-10-3)2-4(11)6(7)8/h6H,2H2,1H3. The van der Waals surface area contributed by atoms with Gasteiger partial charge in [0.05, 0.1) is 6.42 Å². The van der Waals surface area contributed by atoms with E-state index >= 15 is 0 Å². The topological polar surface area (TPSA) is 56.0 Å². The lowest BCUT2D eigenvalue weighted by Crippen LogP contribution is -2.12. The van der Waals surface area contributed by atoms with Crippen LogP contribution in [0.3, 0.4) is 0 Å². The Morgan fingerprint density at radius 1 is 1.67 bits per heavy atom. The van der Waals surface area contributed by atoms with Gasteiger partial charge in [-0.1, -0.05) is 5.16 Å². The number of ketones is 1. The van der Waals surface area contributed by atoms with Crippen LogP contribution < -0.4 is 0 Å². The monoisotopic (exact) mass is 176 g/mol. The molecule has 1 heterocycles. The summed E-state index contributed by atoms with van der Waals surface area (Å²) in [6, 6.07) is 0. The normalized spacial score (nSPS) is 10.7. The van der Waals surface area contributed by atoms with E-state index in [-0.39, 0.29) is 5.89 Å². The van der Waals surface area contributed by atoms with Gasteiger partial charge in [0.1, 0.15) is 0 Å². The van der Waals surface area contributed by atoms with Gasteiger partial charge >= 0.3 is 0 Å². The SMILES string of the molecule is Cc1noc(CC(=O)C(F)F)n1. The first-order valence-electron chi connectivity index (χ1n) is 3.19. The summed E-state index contributed by atoms with van der Waals surface area (Å²) in [5.41, 5.74) is 0. The summed E-state index contributed by atoms with van der Waals surface area (Å²) in [5.74, 6) is -0.955. The zero-order valence-electron chi connectivity index (χ0n) is 6.25. The lowest BCUT2D eigenvalue weighted by atomic mass is 10.3. The maximum atomic E-state index is 11.7. The van der Waals surface area contributed by atoms with Crippen LogP contribution in [0.1, 0.15) is 11.7 Å². The van der Waals surface area contributed by atoms with Crippen molar-refractivity contribution >= 4 is 5.78 Å². The molecule has 0 atom stereocenters. The maximum Gasteiger partial charge on any atom is 0.296 e. The number of carbonyl (C=O) groups excluding carboxylic acids is 1. The fourth-order valence-corrected chi connectivity index (χ4v) is 0.638. The summed E-state index contributed by atoms with van der Waals surface area (Å²) in [6.07, 6.45) is -3.48. The Labute approximate surface area is 66.6 Å². The van der Waals surface area contributed by atoms with Crippen molar-refractivity contribution in [2.24, 2.45) is 0 Å². The van der Waals surface area contributed by atoms with Gasteiger partial charge in [-0.15, -0.1) is 0 Å². The number of nitrogens with zero attached hydrogens (tertiary/aromatic N) is 2. The minimum absolute atomic E-state index is 0.0715. The highest BCUT2D eigenvalue weighted by atomic mass is 19.3. The highest BCUT2D eigenvalue weighted by molar-refractivity contribution is 5.82. The first-order chi connectivity index (χ1) is 5.59. The van der Waals surface area contributed by atoms with Crippen molar-refractivity contribution in [2.75, 3.05) is 0 Å². The number of alkyl halides is 2. The molecule has 0 amide bonds. The summed E-state index contributed by atoms with van der Waals surface area (Å²) in [6.45, 7) is 1.54. The molecule has 0 unspecified atom stereocenters. The summed E-state index contributed by atoms with van der Waals surface area (Å²) < 4.78 is 27.8. The molecule has 1 aromatic rings. The number of aryl methyl sites for hydroxylation is 1. The van der Waals surface area contributed by atoms with Crippen LogP contribution in [0.25, 0.3) is 0 Å². The second kappa shape index (κ2) is 3.38. The van der Waals surface area contributed by atoms with E-state index in [1.54, 1.807) is 6.92 Å². The number of rotatable bonds is 3. The molecule has 0 bridgehead atoms. The fourth-order valence-electron chi connectivity index (χ4n) is 0.638. The molecule has 0 aliphatic carbocycles. The van der Waals surface area contributed by atoms with E-state index in [1.807, 2.05) is 0 Å². The molecule has 4 nitrogen and oxygen atoms in total. The van der Waals surface area contributed by atoms with E-state index in [0.717, 1.165) is 0 Å². The van der Waals surface area contributed by atoms with Crippen LogP contribution in [0.15, 0.2) is 4.52 Å². The van der Waals surface area contributed by atoms with Crippen LogP contribution >= 0.6 is 0 Å². The second-order valence-corrected chi connectivity index (χ2v) is 2.18. The van der Waals surface area contributed by atoms with E-state index in [1.165, 1.54) is 0 Å². The van der Waals surface area contributed by atoms with Gasteiger partial charge in [0, 0.05) is 0 Å². The summed E-state index contributed by atoms with van der Waals surface area (Å²) in [4.78, 5) is 14.0. The van der Waals surface area contributed by atoms with Crippen molar-refractivity contribution in [3.05, 3.63) is 11.7 Å². The van der Waals surface area contributed by atoms with Crippen LogP contribution in [-0.4, -0.2) is 22.3 Å². The van der Waals surface area contributed by atoms with Crippen LogP contribution in [0, 0.1) is 6.92 Å². The van der Waals surface area contributed by atoms with Gasteiger partial charge in [0.15, 0.2) is 5.82 Å². The Balaban J connectivity index is 2.58. The van der Waals surface area contributed by atoms with E-state index in [4.69, 9.17) is 0 Å². The molecule has 0 aliphatic heterocycles. The predicted octanol–water partition coefficient (Wildman–Crippen LogP) is 0.755. The Morgan fingerprint density at radius 3 is 2.75 bits per heavy atom. The average Bonchev–Trinajstić information content (AvgIpc) is 2.35. The van der Waals surface area contributed by atoms with Crippen molar-refractivity contribution < 1.29 is 18.1 Å². The van der Waals surface area contributed by atoms with E-state index in [2.05, 4.69) is 14.7 Å². The number of hydrogen-bond donors (Lipinski definition) is 0. The number of halogens is 2. The van der Waals surface area contributed by atoms with Gasteiger partial charge < -0.3 is 4.52 Å². The zero-order valence-corrected chi connectivity index (χ0v) is 6.25. The molecule has 12 heavy (non-hydrogen) atoms. The van der Waals surface area contributed by atoms with Crippen molar-refractivity contribution in [3.63, 3.8) is 0 Å². The van der Waals surface area contributed by atoms with Crippen LogP contribution in [0.2, 0.25) is 0 Å². The number of hydrogen-bond acceptors (Lipinski definition) is 4. The lowest BCUT2D eigenvalue weighted by Gasteiger charge is -1.91. The smallest absolute Gasteiger partial charge is 0.296 e. The van der Waals surface area contributed by atoms with Gasteiger partial charge in [-0.05, 0) is 6.92 Å². The molecule has 0 radical (unpaired) electrons. The molecule has 0 aliphatic rings. The fraction of sp³-hybridized carbons (Fsp3) is 0.500. The molecule has 0 saturated carbocycles. The van der Waals surface area contributed by atoms with E-state index in [0.29, 0.717) is 5.82 Å². The second-order valence-electron chi connectivity index (χ2n) is 2.18. The zero-order chi connectivity index (χ0) is 9.14. The van der Waals surface area contributed by atoms with Crippen LogP contribution in [-0.2, 0) is 11.2 Å². The third-order valence-corrected chi connectivity index (χ3v) is 1.14. The number of Topliss-reactive ketones (excluding diaryl/α,β-unsaturated/α-hetero) is 1. The average molecular weight is 176 g/mol. The predicted molar refractivity (Wildman–Crippen MR) is 33.8 cm³/mol. The van der Waals surface area contributed by atoms with Crippen LogP contribution in [0.5, 0.6) is 0 Å². The maximum absolute atomic E-state index is 11.7. The summed E-state index contributed by atoms with van der Waals surface area (Å²) in [5, 5.41) is 3.35. The van der Waals surface area contributed by atoms with Gasteiger partial charge in [-0.25, -0.2) is 8.78 Å². The molecule has 0 saturated heterocycles. The van der Waals surface area contributed by atoms with Crippen molar-refractivity contribution in [3.8, 4) is 0 Å². The van der Waals surface area contributed by atoms with Crippen molar-refractivity contribution in [1.29, 1.82) is 0 Å². The molecule has 1 aromatic heterocycles. The quantitative estimate of drug-likeness (QED) is 0.682. The molecule has 6 heteroatoms. The minimum Gasteiger partial charge on any atom is -0.339 e. The Hall–Kier alpha value is -1.33. The highest BCUT2D eigenvalue weighted by Gasteiger charge is 2.18. The molecule has 66 valence electrons. The summed E-state index contributed by atoms with van der Waals surface area (Å²) in [7, 11) is 0. The first-order valence-corrected chi connectivity index (χ1v) is 3.19. The van der Waals surface area contributed by atoms with E-state index < -0.39 is 18.6 Å². The molecular formula is C6H6F2N2O2. The van der Waals surface area contributed by atoms with Gasteiger partial charge in [-0.2, -0.15) is 4.98 Å². The third-order valence-electron chi connectivity index (χ3n) is 1.14. The molecule has 0 N–H and O–H groups in total. The molecule has 0 aromatic carbocycles. The number of aromatic nitrogens is 2. The molecule has 0 spiro atoms. The van der Waals surface area contributed by atoms with Gasteiger partial charge in [0.2, 0.25) is 11.7 Å². The summed E-state index contributed by atoms with van der Waals surface area (Å²) >= 11 is 0. The third kappa shape index (κ3) is 2.08. The molecule has 0 fully saturated rings. The first kappa shape index (κ1) is 8.76. The lowest BCUT2D eigenvalue weighted by molar-refractivity contribution is -0.129. The number of carbonyl (C=O) groups is 1. The van der Waals surface area contributed by atoms with E-state index in [9.17, 15) is 13.6 Å². The van der Waals surface area contributed by atoms with Gasteiger partial charge in [0.25, 0.3) is 6.43 Å². The van der Waals surface area contributed by atoms with Crippen molar-refractivity contribution in [2.45, 2.75) is 19.8 Å².